The number of unbranched alkanes of at least 4 members (excludes halogenated alkanes) is 1. The Balaban J connectivity index is 1.35. The van der Waals surface area contributed by atoms with Crippen LogP contribution < -0.4 is 9.47 Å². The fourth-order valence-corrected chi connectivity index (χ4v) is 4.70. The summed E-state index contributed by atoms with van der Waals surface area (Å²) in [6.45, 7) is 6.30. The van der Waals surface area contributed by atoms with Gasteiger partial charge in [0, 0.05) is 26.2 Å². The minimum atomic E-state index is -0.646. The SMILES string of the molecule is CCCCc1nc(C)sc1C(=O)N1CCN(C(=O)[C@H]2COc3ccccc3O2)CC1. The molecule has 4 rings (SSSR count). The van der Waals surface area contributed by atoms with Crippen molar-refractivity contribution in [3.8, 4) is 11.5 Å². The number of ether oxygens (including phenoxy) is 2. The predicted octanol–water partition coefficient (Wildman–Crippen LogP) is 2.92. The molecule has 0 aliphatic carbocycles. The smallest absolute Gasteiger partial charge is 0.267 e. The number of thiazole rings is 1. The Kier molecular flexibility index (Phi) is 6.22. The number of fused-ring (bicyclic) bond motifs is 1. The monoisotopic (exact) mass is 429 g/mol. The van der Waals surface area contributed by atoms with Crippen molar-refractivity contribution < 1.29 is 19.1 Å². The summed E-state index contributed by atoms with van der Waals surface area (Å²) in [5, 5.41) is 0.924. The lowest BCUT2D eigenvalue weighted by Gasteiger charge is -2.37. The molecule has 0 unspecified atom stereocenters. The Bertz CT molecular complexity index is 921. The van der Waals surface area contributed by atoms with Gasteiger partial charge in [-0.1, -0.05) is 25.5 Å². The van der Waals surface area contributed by atoms with Crippen molar-refractivity contribution in [2.45, 2.75) is 39.2 Å². The van der Waals surface area contributed by atoms with Crippen molar-refractivity contribution in [3.63, 3.8) is 0 Å². The van der Waals surface area contributed by atoms with Crippen LogP contribution in [0.15, 0.2) is 24.3 Å². The van der Waals surface area contributed by atoms with E-state index in [-0.39, 0.29) is 18.4 Å². The van der Waals surface area contributed by atoms with Crippen molar-refractivity contribution in [1.82, 2.24) is 14.8 Å². The van der Waals surface area contributed by atoms with Gasteiger partial charge in [-0.25, -0.2) is 4.98 Å². The van der Waals surface area contributed by atoms with Crippen LogP contribution >= 0.6 is 11.3 Å². The number of aryl methyl sites for hydroxylation is 2. The van der Waals surface area contributed by atoms with E-state index in [1.807, 2.05) is 30.0 Å². The van der Waals surface area contributed by atoms with Gasteiger partial charge >= 0.3 is 0 Å². The van der Waals surface area contributed by atoms with Gasteiger partial charge in [-0.05, 0) is 31.9 Å². The zero-order chi connectivity index (χ0) is 21.1. The lowest BCUT2D eigenvalue weighted by atomic mass is 10.1. The molecular weight excluding hydrogens is 402 g/mol. The highest BCUT2D eigenvalue weighted by atomic mass is 32.1. The molecule has 2 aliphatic heterocycles. The fourth-order valence-electron chi connectivity index (χ4n) is 3.77. The second-order valence-corrected chi connectivity index (χ2v) is 8.80. The first-order valence-electron chi connectivity index (χ1n) is 10.5. The zero-order valence-electron chi connectivity index (χ0n) is 17.4. The second-order valence-electron chi connectivity index (χ2n) is 7.59. The third kappa shape index (κ3) is 4.28. The molecule has 0 spiro atoms. The van der Waals surface area contributed by atoms with E-state index < -0.39 is 6.10 Å². The average molecular weight is 430 g/mol. The highest BCUT2D eigenvalue weighted by Crippen LogP contribution is 2.31. The Labute approximate surface area is 180 Å². The van der Waals surface area contributed by atoms with Crippen LogP contribution in [0.3, 0.4) is 0 Å². The molecule has 1 aromatic heterocycles. The summed E-state index contributed by atoms with van der Waals surface area (Å²) in [6.07, 6.45) is 2.29. The van der Waals surface area contributed by atoms with Gasteiger partial charge in [-0.3, -0.25) is 9.59 Å². The summed E-state index contributed by atoms with van der Waals surface area (Å²) in [4.78, 5) is 34.9. The molecule has 0 N–H and O–H groups in total. The largest absolute Gasteiger partial charge is 0.485 e. The molecule has 8 heteroatoms. The maximum Gasteiger partial charge on any atom is 0.267 e. The quantitative estimate of drug-likeness (QED) is 0.731. The third-order valence-electron chi connectivity index (χ3n) is 5.43. The van der Waals surface area contributed by atoms with E-state index in [0.29, 0.717) is 37.7 Å². The first-order chi connectivity index (χ1) is 14.6. The van der Waals surface area contributed by atoms with Crippen molar-refractivity contribution >= 4 is 23.2 Å². The van der Waals surface area contributed by atoms with Gasteiger partial charge in [0.15, 0.2) is 11.5 Å². The van der Waals surface area contributed by atoms with Gasteiger partial charge < -0.3 is 19.3 Å². The number of aromatic nitrogens is 1. The van der Waals surface area contributed by atoms with Crippen LogP contribution in [0.25, 0.3) is 0 Å². The molecule has 1 atom stereocenters. The number of amides is 2. The molecule has 7 nitrogen and oxygen atoms in total. The summed E-state index contributed by atoms with van der Waals surface area (Å²) in [5.41, 5.74) is 0.911. The van der Waals surface area contributed by atoms with Crippen molar-refractivity contribution in [2.24, 2.45) is 0 Å². The molecule has 3 heterocycles. The molecule has 2 aromatic rings. The molecular formula is C22H27N3O4S. The third-order valence-corrected chi connectivity index (χ3v) is 6.43. The highest BCUT2D eigenvalue weighted by molar-refractivity contribution is 7.13. The number of hydrogen-bond donors (Lipinski definition) is 0. The summed E-state index contributed by atoms with van der Waals surface area (Å²) >= 11 is 1.47. The first kappa shape index (κ1) is 20.7. The average Bonchev–Trinajstić information content (AvgIpc) is 3.16. The number of carbonyl (C=O) groups excluding carboxylic acids is 2. The molecule has 2 aliphatic rings. The Hall–Kier alpha value is -2.61. The minimum Gasteiger partial charge on any atom is -0.485 e. The van der Waals surface area contributed by atoms with Crippen LogP contribution in [0.2, 0.25) is 0 Å². The van der Waals surface area contributed by atoms with E-state index in [4.69, 9.17) is 9.47 Å². The molecule has 0 saturated carbocycles. The van der Waals surface area contributed by atoms with E-state index in [0.717, 1.165) is 34.8 Å². The summed E-state index contributed by atoms with van der Waals surface area (Å²) < 4.78 is 11.5. The number of nitrogens with zero attached hydrogens (tertiary/aromatic N) is 3. The van der Waals surface area contributed by atoms with Gasteiger partial charge in [0.05, 0.1) is 10.7 Å². The number of hydrogen-bond acceptors (Lipinski definition) is 6. The van der Waals surface area contributed by atoms with Crippen LogP contribution in [0.4, 0.5) is 0 Å². The number of para-hydroxylation sites is 2. The molecule has 0 radical (unpaired) electrons. The minimum absolute atomic E-state index is 0.0324. The number of benzene rings is 1. The van der Waals surface area contributed by atoms with E-state index in [9.17, 15) is 9.59 Å². The van der Waals surface area contributed by atoms with E-state index >= 15 is 0 Å². The van der Waals surface area contributed by atoms with Crippen molar-refractivity contribution in [2.75, 3.05) is 32.8 Å². The van der Waals surface area contributed by atoms with Crippen LogP contribution in [0, 0.1) is 6.92 Å². The zero-order valence-corrected chi connectivity index (χ0v) is 18.2. The fraction of sp³-hybridized carbons (Fsp3) is 0.500. The first-order valence-corrected chi connectivity index (χ1v) is 11.3. The van der Waals surface area contributed by atoms with E-state index in [2.05, 4.69) is 11.9 Å². The molecule has 160 valence electrons. The van der Waals surface area contributed by atoms with Crippen molar-refractivity contribution in [3.05, 3.63) is 39.8 Å². The van der Waals surface area contributed by atoms with Gasteiger partial charge in [-0.2, -0.15) is 0 Å². The standard InChI is InChI=1S/C22H27N3O4S/c1-3-4-7-16-20(30-15(2)23-16)22(27)25-12-10-24(11-13-25)21(26)19-14-28-17-8-5-6-9-18(17)29-19/h5-6,8-9,19H,3-4,7,10-14H2,1-2H3/t19-/m1/s1. The molecule has 1 fully saturated rings. The predicted molar refractivity (Wildman–Crippen MR) is 114 cm³/mol. The van der Waals surface area contributed by atoms with Crippen LogP contribution in [0.5, 0.6) is 11.5 Å². The normalized spacial score (nSPS) is 18.4. The summed E-state index contributed by atoms with van der Waals surface area (Å²) in [6, 6.07) is 7.36. The van der Waals surface area contributed by atoms with E-state index in [1.165, 1.54) is 11.3 Å². The summed E-state index contributed by atoms with van der Waals surface area (Å²) in [5.74, 6) is 1.20. The second kappa shape index (κ2) is 9.04. The van der Waals surface area contributed by atoms with Gasteiger partial charge in [0.25, 0.3) is 11.8 Å². The number of rotatable bonds is 5. The molecule has 1 aromatic carbocycles. The Morgan fingerprint density at radius 2 is 1.83 bits per heavy atom. The maximum absolute atomic E-state index is 13.1. The van der Waals surface area contributed by atoms with Gasteiger partial charge in [0.2, 0.25) is 6.10 Å². The molecule has 30 heavy (non-hydrogen) atoms. The molecule has 2 amide bonds. The molecule has 0 bridgehead atoms. The van der Waals surface area contributed by atoms with Crippen LogP contribution in [-0.4, -0.2) is 65.5 Å². The number of piperazine rings is 1. The maximum atomic E-state index is 13.1. The van der Waals surface area contributed by atoms with Gasteiger partial charge in [-0.15, -0.1) is 11.3 Å². The van der Waals surface area contributed by atoms with Crippen molar-refractivity contribution in [1.29, 1.82) is 0 Å². The lowest BCUT2D eigenvalue weighted by Crippen LogP contribution is -2.55. The number of carbonyl (C=O) groups is 2. The van der Waals surface area contributed by atoms with Gasteiger partial charge in [0.1, 0.15) is 11.5 Å². The Morgan fingerprint density at radius 3 is 2.57 bits per heavy atom. The van der Waals surface area contributed by atoms with E-state index in [1.54, 1.807) is 11.0 Å². The van der Waals surface area contributed by atoms with Crippen LogP contribution in [0.1, 0.15) is 40.1 Å². The van der Waals surface area contributed by atoms with Crippen LogP contribution in [-0.2, 0) is 11.2 Å². The summed E-state index contributed by atoms with van der Waals surface area (Å²) in [7, 11) is 0. The topological polar surface area (TPSA) is 72.0 Å². The lowest BCUT2D eigenvalue weighted by molar-refractivity contribution is -0.142. The highest BCUT2D eigenvalue weighted by Gasteiger charge is 2.34. The Morgan fingerprint density at radius 1 is 1.13 bits per heavy atom. The molecule has 1 saturated heterocycles.